The topological polar surface area (TPSA) is 82.1 Å². The number of nitrogens with zero attached hydrogens (tertiary/aromatic N) is 1. The molecule has 2 atom stereocenters. The molecule has 1 saturated heterocycles. The summed E-state index contributed by atoms with van der Waals surface area (Å²) < 4.78 is 0. The van der Waals surface area contributed by atoms with Gasteiger partial charge in [0.05, 0.1) is 17.0 Å². The first-order valence-corrected chi connectivity index (χ1v) is 6.26. The normalized spacial score (nSPS) is 20.4. The maximum atomic E-state index is 12.2. The van der Waals surface area contributed by atoms with Gasteiger partial charge >= 0.3 is 0 Å². The molecular formula is C15H12N2O3. The van der Waals surface area contributed by atoms with Crippen molar-refractivity contribution in [3.05, 3.63) is 75.8 Å². The molecular weight excluding hydrogens is 256 g/mol. The van der Waals surface area contributed by atoms with Crippen LogP contribution >= 0.6 is 0 Å². The minimum absolute atomic E-state index is 0.00934. The van der Waals surface area contributed by atoms with Crippen molar-refractivity contribution in [2.24, 2.45) is 0 Å². The van der Waals surface area contributed by atoms with Gasteiger partial charge in [-0.1, -0.05) is 30.3 Å². The van der Waals surface area contributed by atoms with Crippen LogP contribution in [0.3, 0.4) is 0 Å². The summed E-state index contributed by atoms with van der Waals surface area (Å²) in [5.41, 5.74) is 1.56. The van der Waals surface area contributed by atoms with Crippen molar-refractivity contribution in [1.29, 1.82) is 0 Å². The Morgan fingerprint density at radius 2 is 1.70 bits per heavy atom. The summed E-state index contributed by atoms with van der Waals surface area (Å²) in [5.74, 6) is -0.0336. The lowest BCUT2D eigenvalue weighted by Gasteiger charge is -1.99. The van der Waals surface area contributed by atoms with Crippen LogP contribution in [-0.4, -0.2) is 16.7 Å². The Hall–Kier alpha value is -2.53. The molecule has 100 valence electrons. The van der Waals surface area contributed by atoms with Crippen LogP contribution in [0.4, 0.5) is 5.69 Å². The van der Waals surface area contributed by atoms with Crippen LogP contribution in [0.25, 0.3) is 0 Å². The fraction of sp³-hybridized carbons (Fsp3) is 0.133. The van der Waals surface area contributed by atoms with Crippen molar-refractivity contribution in [1.82, 2.24) is 5.32 Å². The fourth-order valence-corrected chi connectivity index (χ4v) is 2.24. The highest BCUT2D eigenvalue weighted by atomic mass is 16.6. The van der Waals surface area contributed by atoms with E-state index < -0.39 is 4.92 Å². The summed E-state index contributed by atoms with van der Waals surface area (Å²) in [6.07, 6.45) is 0. The molecule has 0 radical (unpaired) electrons. The molecule has 0 unspecified atom stereocenters. The molecule has 1 N–H and O–H groups in total. The van der Waals surface area contributed by atoms with Crippen molar-refractivity contribution in [2.75, 3.05) is 0 Å². The number of carbonyl (C=O) groups excluding carboxylic acids is 1. The summed E-state index contributed by atoms with van der Waals surface area (Å²) in [4.78, 5) is 22.3. The van der Waals surface area contributed by atoms with Gasteiger partial charge in [0.15, 0.2) is 5.78 Å². The Balaban J connectivity index is 1.73. The van der Waals surface area contributed by atoms with Gasteiger partial charge in [0.2, 0.25) is 0 Å². The smallest absolute Gasteiger partial charge is 0.269 e. The second-order valence-corrected chi connectivity index (χ2v) is 4.70. The molecule has 0 spiro atoms. The summed E-state index contributed by atoms with van der Waals surface area (Å²) in [6, 6.07) is 15.3. The first kappa shape index (κ1) is 12.5. The Labute approximate surface area is 115 Å². The maximum absolute atomic E-state index is 12.2. The molecule has 1 heterocycles. The van der Waals surface area contributed by atoms with Gasteiger partial charge in [-0.05, 0) is 17.7 Å². The predicted molar refractivity (Wildman–Crippen MR) is 73.5 cm³/mol. The van der Waals surface area contributed by atoms with E-state index in [-0.39, 0.29) is 23.6 Å². The molecule has 0 aliphatic carbocycles. The Morgan fingerprint density at radius 1 is 1.05 bits per heavy atom. The van der Waals surface area contributed by atoms with Crippen molar-refractivity contribution in [3.63, 3.8) is 0 Å². The lowest BCUT2D eigenvalue weighted by molar-refractivity contribution is -0.384. The average molecular weight is 268 g/mol. The highest BCUT2D eigenvalue weighted by Gasteiger charge is 2.43. The number of ketones is 1. The van der Waals surface area contributed by atoms with Gasteiger partial charge in [-0.3, -0.25) is 20.2 Å². The predicted octanol–water partition coefficient (Wildman–Crippen LogP) is 2.49. The number of nitro groups is 1. The number of rotatable bonds is 4. The van der Waals surface area contributed by atoms with Crippen molar-refractivity contribution in [3.8, 4) is 0 Å². The molecule has 0 saturated carbocycles. The quantitative estimate of drug-likeness (QED) is 0.399. The Kier molecular flexibility index (Phi) is 3.04. The molecule has 3 rings (SSSR count). The van der Waals surface area contributed by atoms with E-state index in [4.69, 9.17) is 0 Å². The molecule has 2 aromatic rings. The number of benzene rings is 2. The summed E-state index contributed by atoms with van der Waals surface area (Å²) in [5, 5.41) is 13.7. The highest BCUT2D eigenvalue weighted by molar-refractivity contribution is 6.02. The number of nitrogens with one attached hydrogen (secondary N) is 1. The van der Waals surface area contributed by atoms with Crippen molar-refractivity contribution in [2.45, 2.75) is 12.1 Å². The number of hydrogen-bond acceptors (Lipinski definition) is 4. The van der Waals surface area contributed by atoms with Gasteiger partial charge in [0.1, 0.15) is 0 Å². The van der Waals surface area contributed by atoms with Crippen molar-refractivity contribution >= 4 is 11.5 Å². The second kappa shape index (κ2) is 4.86. The molecule has 5 heteroatoms. The highest BCUT2D eigenvalue weighted by Crippen LogP contribution is 2.32. The lowest BCUT2D eigenvalue weighted by Crippen LogP contribution is -2.10. The third-order valence-corrected chi connectivity index (χ3v) is 3.39. The van der Waals surface area contributed by atoms with E-state index >= 15 is 0 Å². The van der Waals surface area contributed by atoms with Gasteiger partial charge in [-0.25, -0.2) is 0 Å². The van der Waals surface area contributed by atoms with Gasteiger partial charge in [-0.2, -0.15) is 0 Å². The number of Topliss-reactive ketones (excluding diaryl/α,β-unsaturated/α-hetero) is 1. The van der Waals surface area contributed by atoms with Crippen LogP contribution in [0.2, 0.25) is 0 Å². The Morgan fingerprint density at radius 3 is 2.30 bits per heavy atom. The van der Waals surface area contributed by atoms with Gasteiger partial charge in [0, 0.05) is 17.7 Å². The first-order valence-electron chi connectivity index (χ1n) is 6.26. The zero-order valence-electron chi connectivity index (χ0n) is 10.5. The van der Waals surface area contributed by atoms with Crippen LogP contribution < -0.4 is 5.32 Å². The molecule has 5 nitrogen and oxygen atoms in total. The van der Waals surface area contributed by atoms with Crippen molar-refractivity contribution < 1.29 is 9.72 Å². The maximum Gasteiger partial charge on any atom is 0.269 e. The van der Waals surface area contributed by atoms with E-state index in [1.54, 1.807) is 0 Å². The largest absolute Gasteiger partial charge is 0.297 e. The van der Waals surface area contributed by atoms with E-state index in [9.17, 15) is 14.9 Å². The lowest BCUT2D eigenvalue weighted by atomic mass is 10.0. The van der Waals surface area contributed by atoms with E-state index in [1.807, 2.05) is 30.3 Å². The van der Waals surface area contributed by atoms with E-state index in [0.717, 1.165) is 5.56 Å². The third-order valence-electron chi connectivity index (χ3n) is 3.39. The summed E-state index contributed by atoms with van der Waals surface area (Å²) in [7, 11) is 0. The molecule has 20 heavy (non-hydrogen) atoms. The van der Waals surface area contributed by atoms with E-state index in [2.05, 4.69) is 5.32 Å². The first-order chi connectivity index (χ1) is 9.66. The van der Waals surface area contributed by atoms with Crippen LogP contribution in [0, 0.1) is 10.1 Å². The zero-order valence-corrected chi connectivity index (χ0v) is 10.5. The average Bonchev–Trinajstić information content (AvgIpc) is 3.28. The standard InChI is InChI=1S/C15H12N2O3/c18-15(11-6-8-12(9-7-11)17(19)20)14-13(16-14)10-4-2-1-3-5-10/h1-9,13-14,16H/t13-,14+/m1/s1. The monoisotopic (exact) mass is 268 g/mol. The molecule has 1 fully saturated rings. The second-order valence-electron chi connectivity index (χ2n) is 4.70. The molecule has 0 bridgehead atoms. The number of carbonyl (C=O) groups is 1. The fourth-order valence-electron chi connectivity index (χ4n) is 2.24. The SMILES string of the molecule is O=C(c1ccc([N+](=O)[O-])cc1)[C@H]1N[C@@H]1c1ccccc1. The van der Waals surface area contributed by atoms with Crippen LogP contribution in [0.1, 0.15) is 22.0 Å². The number of non-ortho nitro benzene ring substituents is 1. The summed E-state index contributed by atoms with van der Waals surface area (Å²) >= 11 is 0. The van der Waals surface area contributed by atoms with E-state index in [1.165, 1.54) is 24.3 Å². The van der Waals surface area contributed by atoms with Gasteiger partial charge < -0.3 is 0 Å². The molecule has 1 aliphatic rings. The van der Waals surface area contributed by atoms with E-state index in [0.29, 0.717) is 5.56 Å². The third kappa shape index (κ3) is 2.31. The minimum atomic E-state index is -0.476. The molecule has 0 amide bonds. The molecule has 1 aliphatic heterocycles. The van der Waals surface area contributed by atoms with Gasteiger partial charge in [0.25, 0.3) is 5.69 Å². The van der Waals surface area contributed by atoms with Crippen LogP contribution in [-0.2, 0) is 0 Å². The van der Waals surface area contributed by atoms with Crippen LogP contribution in [0.15, 0.2) is 54.6 Å². The summed E-state index contributed by atoms with van der Waals surface area (Å²) in [6.45, 7) is 0. The minimum Gasteiger partial charge on any atom is -0.297 e. The van der Waals surface area contributed by atoms with Gasteiger partial charge in [-0.15, -0.1) is 0 Å². The molecule has 0 aromatic heterocycles. The van der Waals surface area contributed by atoms with Crippen LogP contribution in [0.5, 0.6) is 0 Å². The Bertz CT molecular complexity index is 653. The number of hydrogen-bond donors (Lipinski definition) is 1. The molecule has 2 aromatic carbocycles. The zero-order chi connectivity index (χ0) is 14.1. The number of nitro benzene ring substituents is 1.